The van der Waals surface area contributed by atoms with Crippen LogP contribution in [0.25, 0.3) is 10.9 Å². The number of carbonyl (C=O) groups is 1. The SMILES string of the molecule is COc1ccc2ncc(N(C)C)c(C(F)CCC3(C(=O)NO)CCN(CCNc4cc(F)cc(F)c4F)CC3)c2c1. The number of rotatable bonds is 11. The van der Waals surface area contributed by atoms with Gasteiger partial charge in [-0.05, 0) is 57.0 Å². The van der Waals surface area contributed by atoms with Crippen molar-refractivity contribution in [3.63, 3.8) is 0 Å². The minimum Gasteiger partial charge on any atom is -0.497 e. The Morgan fingerprint density at radius 3 is 2.59 bits per heavy atom. The van der Waals surface area contributed by atoms with Crippen molar-refractivity contribution >= 4 is 28.2 Å². The van der Waals surface area contributed by atoms with E-state index in [2.05, 4.69) is 10.3 Å². The summed E-state index contributed by atoms with van der Waals surface area (Å²) in [5.41, 5.74) is 2.23. The first-order valence-electron chi connectivity index (χ1n) is 13.4. The molecule has 0 aliphatic carbocycles. The third kappa shape index (κ3) is 6.65. The van der Waals surface area contributed by atoms with Crippen LogP contribution in [0.3, 0.4) is 0 Å². The lowest BCUT2D eigenvalue weighted by atomic mass is 9.73. The Hall–Kier alpha value is -3.64. The van der Waals surface area contributed by atoms with E-state index in [1.54, 1.807) is 34.8 Å². The molecule has 222 valence electrons. The number of likely N-dealkylation sites (tertiary alicyclic amines) is 1. The lowest BCUT2D eigenvalue weighted by molar-refractivity contribution is -0.143. The molecule has 1 unspecified atom stereocenters. The van der Waals surface area contributed by atoms with Crippen LogP contribution in [0.1, 0.15) is 37.4 Å². The average molecular weight is 578 g/mol. The highest BCUT2D eigenvalue weighted by molar-refractivity contribution is 5.88. The molecule has 0 bridgehead atoms. The lowest BCUT2D eigenvalue weighted by Crippen LogP contribution is -2.49. The van der Waals surface area contributed by atoms with E-state index in [-0.39, 0.29) is 25.1 Å². The lowest BCUT2D eigenvalue weighted by Gasteiger charge is -2.40. The van der Waals surface area contributed by atoms with Gasteiger partial charge in [0.1, 0.15) is 17.7 Å². The fourth-order valence-electron chi connectivity index (χ4n) is 5.49. The molecular weight excluding hydrogens is 542 g/mol. The van der Waals surface area contributed by atoms with Crippen molar-refractivity contribution in [2.24, 2.45) is 5.41 Å². The summed E-state index contributed by atoms with van der Waals surface area (Å²) >= 11 is 0. The van der Waals surface area contributed by atoms with E-state index in [0.29, 0.717) is 66.4 Å². The van der Waals surface area contributed by atoms with Crippen LogP contribution in [0.15, 0.2) is 36.5 Å². The molecule has 1 atom stereocenters. The summed E-state index contributed by atoms with van der Waals surface area (Å²) in [6, 6.07) is 6.66. The van der Waals surface area contributed by atoms with Crippen molar-refractivity contribution in [2.45, 2.75) is 31.9 Å². The van der Waals surface area contributed by atoms with Crippen LogP contribution >= 0.6 is 0 Å². The van der Waals surface area contributed by atoms with Crippen molar-refractivity contribution in [1.82, 2.24) is 15.4 Å². The molecule has 8 nitrogen and oxygen atoms in total. The third-order valence-electron chi connectivity index (χ3n) is 7.90. The number of benzene rings is 2. The number of methoxy groups -OCH3 is 1. The van der Waals surface area contributed by atoms with Crippen LogP contribution in [-0.4, -0.2) is 68.4 Å². The highest BCUT2D eigenvalue weighted by atomic mass is 19.2. The summed E-state index contributed by atoms with van der Waals surface area (Å²) < 4.78 is 62.3. The molecule has 4 rings (SSSR count). The molecule has 1 aliphatic rings. The molecule has 3 aromatic rings. The molecule has 0 spiro atoms. The smallest absolute Gasteiger partial charge is 0.249 e. The zero-order valence-corrected chi connectivity index (χ0v) is 23.3. The van der Waals surface area contributed by atoms with Crippen molar-refractivity contribution in [1.29, 1.82) is 0 Å². The average Bonchev–Trinajstić information content (AvgIpc) is 2.97. The second-order valence-electron chi connectivity index (χ2n) is 10.6. The number of hydrogen-bond acceptors (Lipinski definition) is 7. The van der Waals surface area contributed by atoms with Gasteiger partial charge >= 0.3 is 0 Å². The Bertz CT molecular complexity index is 1380. The van der Waals surface area contributed by atoms with Crippen molar-refractivity contribution < 1.29 is 32.3 Å². The largest absolute Gasteiger partial charge is 0.497 e. The van der Waals surface area contributed by atoms with Gasteiger partial charge in [0.25, 0.3) is 0 Å². The number of amides is 1. The number of anilines is 2. The Kier molecular flexibility index (Phi) is 9.54. The molecule has 3 N–H and O–H groups in total. The fourth-order valence-corrected chi connectivity index (χ4v) is 5.49. The molecule has 0 radical (unpaired) electrons. The van der Waals surface area contributed by atoms with E-state index in [1.807, 2.05) is 19.0 Å². The van der Waals surface area contributed by atoms with E-state index < -0.39 is 34.9 Å². The Labute approximate surface area is 236 Å². The molecule has 1 aromatic heterocycles. The van der Waals surface area contributed by atoms with Gasteiger partial charge in [0.15, 0.2) is 11.6 Å². The predicted octanol–water partition coefficient (Wildman–Crippen LogP) is 5.22. The molecule has 1 saturated heterocycles. The number of hydrogen-bond donors (Lipinski definition) is 3. The van der Waals surface area contributed by atoms with Crippen LogP contribution in [0.2, 0.25) is 0 Å². The summed E-state index contributed by atoms with van der Waals surface area (Å²) in [4.78, 5) is 21.1. The van der Waals surface area contributed by atoms with E-state index in [9.17, 15) is 23.2 Å². The number of halogens is 4. The molecule has 41 heavy (non-hydrogen) atoms. The molecule has 2 heterocycles. The fraction of sp³-hybridized carbons (Fsp3) is 0.448. The molecule has 12 heteroatoms. The summed E-state index contributed by atoms with van der Waals surface area (Å²) in [6.07, 6.45) is 1.17. The number of fused-ring (bicyclic) bond motifs is 1. The van der Waals surface area contributed by atoms with Gasteiger partial charge in [-0.25, -0.2) is 23.0 Å². The third-order valence-corrected chi connectivity index (χ3v) is 7.90. The predicted molar refractivity (Wildman–Crippen MR) is 149 cm³/mol. The number of piperidine rings is 1. The number of aromatic nitrogens is 1. The number of nitrogens with zero attached hydrogens (tertiary/aromatic N) is 3. The minimum atomic E-state index is -1.42. The molecule has 1 fully saturated rings. The summed E-state index contributed by atoms with van der Waals surface area (Å²) in [5.74, 6) is -3.29. The molecule has 1 aliphatic heterocycles. The number of nitrogens with one attached hydrogen (secondary N) is 2. The normalized spacial score (nSPS) is 15.9. The van der Waals surface area contributed by atoms with Gasteiger partial charge in [0, 0.05) is 50.3 Å². The number of hydroxylamine groups is 1. The van der Waals surface area contributed by atoms with E-state index in [0.717, 1.165) is 6.07 Å². The van der Waals surface area contributed by atoms with E-state index in [4.69, 9.17) is 4.74 Å². The minimum absolute atomic E-state index is 0.0382. The first-order valence-corrected chi connectivity index (χ1v) is 13.4. The number of alkyl halides is 1. The number of ether oxygens (including phenoxy) is 1. The van der Waals surface area contributed by atoms with Gasteiger partial charge < -0.3 is 19.9 Å². The van der Waals surface area contributed by atoms with Crippen LogP contribution < -0.4 is 20.4 Å². The second kappa shape index (κ2) is 12.9. The van der Waals surface area contributed by atoms with Crippen LogP contribution in [-0.2, 0) is 4.79 Å². The zero-order chi connectivity index (χ0) is 29.7. The molecular formula is C29H35F4N5O3. The van der Waals surface area contributed by atoms with E-state index >= 15 is 4.39 Å². The van der Waals surface area contributed by atoms with Crippen LogP contribution in [0.4, 0.5) is 28.9 Å². The molecule has 1 amide bonds. The van der Waals surface area contributed by atoms with Gasteiger partial charge in [0.2, 0.25) is 5.91 Å². The van der Waals surface area contributed by atoms with Crippen molar-refractivity contribution in [3.8, 4) is 5.75 Å². The Morgan fingerprint density at radius 1 is 1.20 bits per heavy atom. The maximum atomic E-state index is 16.1. The van der Waals surface area contributed by atoms with Gasteiger partial charge in [-0.3, -0.25) is 15.0 Å². The van der Waals surface area contributed by atoms with Crippen LogP contribution in [0, 0.1) is 22.9 Å². The monoisotopic (exact) mass is 577 g/mol. The molecule has 0 saturated carbocycles. The summed E-state index contributed by atoms with van der Waals surface area (Å²) in [7, 11) is 5.16. The van der Waals surface area contributed by atoms with E-state index in [1.165, 1.54) is 7.11 Å². The number of carbonyl (C=O) groups excluding carboxylic acids is 1. The first-order chi connectivity index (χ1) is 19.6. The highest BCUT2D eigenvalue weighted by Gasteiger charge is 2.41. The second-order valence-corrected chi connectivity index (χ2v) is 10.6. The zero-order valence-electron chi connectivity index (χ0n) is 23.3. The Morgan fingerprint density at radius 2 is 1.93 bits per heavy atom. The maximum absolute atomic E-state index is 16.1. The topological polar surface area (TPSA) is 90.0 Å². The van der Waals surface area contributed by atoms with Gasteiger partial charge in [-0.15, -0.1) is 0 Å². The van der Waals surface area contributed by atoms with Crippen LogP contribution in [0.5, 0.6) is 5.75 Å². The summed E-state index contributed by atoms with van der Waals surface area (Å²) in [6.45, 7) is 1.57. The first kappa shape index (κ1) is 30.3. The van der Waals surface area contributed by atoms with Gasteiger partial charge in [0.05, 0.1) is 35.6 Å². The van der Waals surface area contributed by atoms with Gasteiger partial charge in [-0.1, -0.05) is 0 Å². The Balaban J connectivity index is 1.44. The highest BCUT2D eigenvalue weighted by Crippen LogP contribution is 2.43. The molecule has 2 aromatic carbocycles. The van der Waals surface area contributed by atoms with Gasteiger partial charge in [-0.2, -0.15) is 0 Å². The summed E-state index contributed by atoms with van der Waals surface area (Å²) in [5, 5.41) is 12.8. The standard InChI is InChI=1S/C29H35F4N5O3/c1-37(2)25-17-35-23-5-4-19(41-3)16-20(23)26(25)21(31)6-7-29(28(39)36-40)8-11-38(12-9-29)13-10-34-24-15-18(30)14-22(32)27(24)33/h4-5,14-17,21,34,40H,6-13H2,1-3H3,(H,36,39). The maximum Gasteiger partial charge on any atom is 0.249 e. The van der Waals surface area contributed by atoms with Crippen molar-refractivity contribution in [2.75, 3.05) is 57.6 Å². The quantitative estimate of drug-likeness (QED) is 0.125. The number of pyridine rings is 1. The van der Waals surface area contributed by atoms with Crippen molar-refractivity contribution in [3.05, 3.63) is 59.5 Å².